The molecule has 0 saturated carbocycles. The number of ether oxygens (including phenoxy) is 1. The average molecular weight is 392 g/mol. The maximum Gasteiger partial charge on any atom is 0.340 e. The molecule has 1 heterocycles. The quantitative estimate of drug-likeness (QED) is 0.671. The van der Waals surface area contributed by atoms with Gasteiger partial charge in [0.25, 0.3) is 5.91 Å². The number of tetrazole rings is 1. The molecule has 1 amide bonds. The van der Waals surface area contributed by atoms with E-state index in [9.17, 15) is 9.59 Å². The van der Waals surface area contributed by atoms with E-state index in [1.807, 2.05) is 0 Å². The zero-order valence-corrected chi connectivity index (χ0v) is 14.6. The van der Waals surface area contributed by atoms with Crippen LogP contribution in [-0.4, -0.2) is 38.7 Å². The minimum atomic E-state index is -0.687. The number of halogens is 2. The molecule has 0 aliphatic rings. The van der Waals surface area contributed by atoms with Gasteiger partial charge in [-0.1, -0.05) is 35.3 Å². The van der Waals surface area contributed by atoms with Crippen molar-refractivity contribution in [3.63, 3.8) is 0 Å². The summed E-state index contributed by atoms with van der Waals surface area (Å²) in [4.78, 5) is 24.3. The third-order valence-electron chi connectivity index (χ3n) is 3.26. The van der Waals surface area contributed by atoms with Crippen LogP contribution in [0.3, 0.4) is 0 Å². The first-order valence-electron chi connectivity index (χ1n) is 7.29. The van der Waals surface area contributed by atoms with Crippen LogP contribution >= 0.6 is 23.2 Å². The zero-order valence-electron chi connectivity index (χ0n) is 13.1. The first-order chi connectivity index (χ1) is 12.5. The van der Waals surface area contributed by atoms with E-state index in [4.69, 9.17) is 27.9 Å². The first kappa shape index (κ1) is 17.8. The average Bonchev–Trinajstić information content (AvgIpc) is 3.16. The summed E-state index contributed by atoms with van der Waals surface area (Å²) in [5.41, 5.74) is 1.02. The molecular formula is C16H11Cl2N5O3. The van der Waals surface area contributed by atoms with Gasteiger partial charge in [0, 0.05) is 5.02 Å². The summed E-state index contributed by atoms with van der Waals surface area (Å²) in [5.74, 6) is -1.23. The van der Waals surface area contributed by atoms with Gasteiger partial charge >= 0.3 is 5.97 Å². The molecule has 1 N–H and O–H groups in total. The lowest BCUT2D eigenvalue weighted by Gasteiger charge is -2.10. The lowest BCUT2D eigenvalue weighted by atomic mass is 10.2. The van der Waals surface area contributed by atoms with Crippen LogP contribution in [0.5, 0.6) is 0 Å². The Kier molecular flexibility index (Phi) is 5.45. The molecular weight excluding hydrogens is 381 g/mol. The van der Waals surface area contributed by atoms with Crippen molar-refractivity contribution < 1.29 is 14.3 Å². The van der Waals surface area contributed by atoms with E-state index in [1.165, 1.54) is 17.1 Å². The van der Waals surface area contributed by atoms with Gasteiger partial charge < -0.3 is 10.1 Å². The smallest absolute Gasteiger partial charge is 0.340 e. The fourth-order valence-corrected chi connectivity index (χ4v) is 2.56. The van der Waals surface area contributed by atoms with E-state index in [1.54, 1.807) is 36.4 Å². The minimum Gasteiger partial charge on any atom is -0.452 e. The number of esters is 1. The van der Waals surface area contributed by atoms with Gasteiger partial charge in [-0.3, -0.25) is 4.79 Å². The third kappa shape index (κ3) is 4.16. The van der Waals surface area contributed by atoms with Crippen LogP contribution in [0.15, 0.2) is 48.8 Å². The molecule has 0 aliphatic carbocycles. The molecule has 0 bridgehead atoms. The highest BCUT2D eigenvalue weighted by Gasteiger charge is 2.16. The fourth-order valence-electron chi connectivity index (χ4n) is 2.10. The normalized spacial score (nSPS) is 10.4. The lowest BCUT2D eigenvalue weighted by Crippen LogP contribution is -2.21. The molecule has 0 fully saturated rings. The van der Waals surface area contributed by atoms with Gasteiger partial charge in [-0.2, -0.15) is 4.68 Å². The number of amides is 1. The van der Waals surface area contributed by atoms with E-state index in [-0.39, 0.29) is 10.6 Å². The largest absolute Gasteiger partial charge is 0.452 e. The van der Waals surface area contributed by atoms with Gasteiger partial charge in [0.05, 0.1) is 22.0 Å². The van der Waals surface area contributed by atoms with Crippen LogP contribution in [-0.2, 0) is 9.53 Å². The second-order valence-corrected chi connectivity index (χ2v) is 5.86. The summed E-state index contributed by atoms with van der Waals surface area (Å²) in [6, 6.07) is 11.2. The molecule has 0 unspecified atom stereocenters. The molecule has 3 aromatic rings. The van der Waals surface area contributed by atoms with Crippen LogP contribution in [0.25, 0.3) is 5.69 Å². The standard InChI is InChI=1S/C16H11Cl2N5O3/c17-10-5-6-13(12(18)7-10)20-15(24)8-26-16(25)11-3-1-2-4-14(11)23-9-19-21-22-23/h1-7,9H,8H2,(H,20,24). The molecule has 0 atom stereocenters. The zero-order chi connectivity index (χ0) is 18.5. The summed E-state index contributed by atoms with van der Waals surface area (Å²) in [6.07, 6.45) is 1.35. The second-order valence-electron chi connectivity index (χ2n) is 5.02. The van der Waals surface area contributed by atoms with E-state index in [2.05, 4.69) is 20.8 Å². The van der Waals surface area contributed by atoms with Gasteiger partial charge in [0.1, 0.15) is 6.33 Å². The fraction of sp³-hybridized carbons (Fsp3) is 0.0625. The topological polar surface area (TPSA) is 99.0 Å². The number of aromatic nitrogens is 4. The van der Waals surface area contributed by atoms with Gasteiger partial charge in [-0.05, 0) is 40.8 Å². The number of rotatable bonds is 5. The van der Waals surface area contributed by atoms with E-state index in [0.717, 1.165) is 0 Å². The van der Waals surface area contributed by atoms with Crippen molar-refractivity contribution in [2.24, 2.45) is 0 Å². The monoisotopic (exact) mass is 391 g/mol. The van der Waals surface area contributed by atoms with Gasteiger partial charge in [-0.25, -0.2) is 4.79 Å². The van der Waals surface area contributed by atoms with E-state index >= 15 is 0 Å². The van der Waals surface area contributed by atoms with Crippen molar-refractivity contribution in [2.75, 3.05) is 11.9 Å². The predicted molar refractivity (Wildman–Crippen MR) is 94.5 cm³/mol. The molecule has 0 spiro atoms. The minimum absolute atomic E-state index is 0.220. The number of nitrogens with zero attached hydrogens (tertiary/aromatic N) is 4. The predicted octanol–water partition coefficient (Wildman–Crippen LogP) is 2.76. The Morgan fingerprint density at radius 2 is 1.96 bits per heavy atom. The number of hydrogen-bond donors (Lipinski definition) is 1. The summed E-state index contributed by atoms with van der Waals surface area (Å²) in [6.45, 7) is -0.484. The highest BCUT2D eigenvalue weighted by Crippen LogP contribution is 2.25. The number of para-hydroxylation sites is 1. The van der Waals surface area contributed by atoms with Crippen LogP contribution in [0.2, 0.25) is 10.0 Å². The Morgan fingerprint density at radius 1 is 1.15 bits per heavy atom. The summed E-state index contributed by atoms with van der Waals surface area (Å²) in [5, 5.41) is 14.1. The Morgan fingerprint density at radius 3 is 2.69 bits per heavy atom. The molecule has 0 aliphatic heterocycles. The number of nitrogens with one attached hydrogen (secondary N) is 1. The Bertz CT molecular complexity index is 947. The molecule has 8 nitrogen and oxygen atoms in total. The lowest BCUT2D eigenvalue weighted by molar-refractivity contribution is -0.119. The van der Waals surface area contributed by atoms with Crippen molar-refractivity contribution in [2.45, 2.75) is 0 Å². The third-order valence-corrected chi connectivity index (χ3v) is 3.81. The van der Waals surface area contributed by atoms with Crippen molar-refractivity contribution in [3.8, 4) is 5.69 Å². The van der Waals surface area contributed by atoms with E-state index in [0.29, 0.717) is 16.4 Å². The molecule has 10 heteroatoms. The van der Waals surface area contributed by atoms with E-state index < -0.39 is 18.5 Å². The second kappa shape index (κ2) is 7.94. The molecule has 0 saturated heterocycles. The van der Waals surface area contributed by atoms with Gasteiger partial charge in [0.15, 0.2) is 6.61 Å². The Hall–Kier alpha value is -2.97. The molecule has 26 heavy (non-hydrogen) atoms. The van der Waals surface area contributed by atoms with Crippen molar-refractivity contribution in [1.82, 2.24) is 20.2 Å². The highest BCUT2D eigenvalue weighted by atomic mass is 35.5. The number of hydrogen-bond acceptors (Lipinski definition) is 6. The Labute approximate surface area is 157 Å². The maximum atomic E-state index is 12.3. The molecule has 1 aromatic heterocycles. The van der Waals surface area contributed by atoms with Crippen molar-refractivity contribution in [3.05, 3.63) is 64.4 Å². The molecule has 3 rings (SSSR count). The number of carbonyl (C=O) groups is 2. The van der Waals surface area contributed by atoms with Crippen molar-refractivity contribution in [1.29, 1.82) is 0 Å². The molecule has 0 radical (unpaired) electrons. The first-order valence-corrected chi connectivity index (χ1v) is 8.04. The maximum absolute atomic E-state index is 12.3. The summed E-state index contributed by atoms with van der Waals surface area (Å²) in [7, 11) is 0. The summed E-state index contributed by atoms with van der Waals surface area (Å²) < 4.78 is 6.39. The number of benzene rings is 2. The van der Waals surface area contributed by atoms with Crippen LogP contribution in [0.1, 0.15) is 10.4 Å². The molecule has 2 aromatic carbocycles. The van der Waals surface area contributed by atoms with Crippen molar-refractivity contribution >= 4 is 40.8 Å². The SMILES string of the molecule is O=C(COC(=O)c1ccccc1-n1cnnn1)Nc1ccc(Cl)cc1Cl. The van der Waals surface area contributed by atoms with Gasteiger partial charge in [0.2, 0.25) is 0 Å². The Balaban J connectivity index is 1.65. The highest BCUT2D eigenvalue weighted by molar-refractivity contribution is 6.36. The van der Waals surface area contributed by atoms with Crippen LogP contribution < -0.4 is 5.32 Å². The summed E-state index contributed by atoms with van der Waals surface area (Å²) >= 11 is 11.8. The number of anilines is 1. The molecule has 132 valence electrons. The van der Waals surface area contributed by atoms with Crippen LogP contribution in [0, 0.1) is 0 Å². The number of carbonyl (C=O) groups excluding carboxylic acids is 2. The van der Waals surface area contributed by atoms with Crippen LogP contribution in [0.4, 0.5) is 5.69 Å². The van der Waals surface area contributed by atoms with Gasteiger partial charge in [-0.15, -0.1) is 5.10 Å².